The van der Waals surface area contributed by atoms with E-state index in [2.05, 4.69) is 4.74 Å². The molecule has 0 unspecified atom stereocenters. The molecule has 1 rings (SSSR count). The lowest BCUT2D eigenvalue weighted by molar-refractivity contribution is -0.138. The zero-order chi connectivity index (χ0) is 12.5. The quantitative estimate of drug-likeness (QED) is 0.732. The van der Waals surface area contributed by atoms with Gasteiger partial charge in [0, 0.05) is 5.56 Å². The maximum absolute atomic E-state index is 12.6. The van der Waals surface area contributed by atoms with E-state index in [1.165, 1.54) is 13.8 Å². The van der Waals surface area contributed by atoms with Crippen LogP contribution in [-0.2, 0) is 6.18 Å². The number of halogens is 3. The number of benzene rings is 1. The minimum absolute atomic E-state index is 0.241. The molecule has 0 aliphatic rings. The number of hydrogen-bond donors (Lipinski definition) is 0. The number of methoxy groups -OCH3 is 1. The second-order valence-electron chi connectivity index (χ2n) is 3.42. The van der Waals surface area contributed by atoms with Gasteiger partial charge in [0.2, 0.25) is 0 Å². The van der Waals surface area contributed by atoms with E-state index in [0.717, 1.165) is 19.2 Å². The van der Waals surface area contributed by atoms with Crippen molar-refractivity contribution >= 4 is 5.78 Å². The standard InChI is InChI=1S/C11H11F3O2/c1-6-4-9(11(12,13)14)10(16-3)5-8(6)7(2)15/h4-5H,1-3H3. The average molecular weight is 232 g/mol. The van der Waals surface area contributed by atoms with Gasteiger partial charge in [0.1, 0.15) is 5.75 Å². The molecule has 0 radical (unpaired) electrons. The summed E-state index contributed by atoms with van der Waals surface area (Å²) in [4.78, 5) is 11.2. The van der Waals surface area contributed by atoms with Gasteiger partial charge in [-0.1, -0.05) is 0 Å². The molecule has 16 heavy (non-hydrogen) atoms. The molecule has 0 amide bonds. The van der Waals surface area contributed by atoms with Gasteiger partial charge in [-0.25, -0.2) is 0 Å². The maximum Gasteiger partial charge on any atom is 0.419 e. The number of rotatable bonds is 2. The van der Waals surface area contributed by atoms with Crippen LogP contribution in [0.5, 0.6) is 5.75 Å². The van der Waals surface area contributed by atoms with Gasteiger partial charge in [-0.15, -0.1) is 0 Å². The van der Waals surface area contributed by atoms with Crippen molar-refractivity contribution in [2.24, 2.45) is 0 Å². The summed E-state index contributed by atoms with van der Waals surface area (Å²) in [6, 6.07) is 2.05. The van der Waals surface area contributed by atoms with Gasteiger partial charge in [0.05, 0.1) is 12.7 Å². The highest BCUT2D eigenvalue weighted by Crippen LogP contribution is 2.37. The van der Waals surface area contributed by atoms with Gasteiger partial charge in [0.25, 0.3) is 0 Å². The molecule has 0 aliphatic heterocycles. The smallest absolute Gasteiger partial charge is 0.419 e. The zero-order valence-electron chi connectivity index (χ0n) is 9.11. The molecule has 0 aliphatic carbocycles. The van der Waals surface area contributed by atoms with E-state index in [1.54, 1.807) is 0 Å². The monoisotopic (exact) mass is 232 g/mol. The molecule has 5 heteroatoms. The first-order chi connectivity index (χ1) is 7.27. The number of carbonyl (C=O) groups excluding carboxylic acids is 1. The Hall–Kier alpha value is -1.52. The molecule has 0 spiro atoms. The van der Waals surface area contributed by atoms with Crippen molar-refractivity contribution in [3.05, 3.63) is 28.8 Å². The Morgan fingerprint density at radius 1 is 1.31 bits per heavy atom. The Labute approximate surface area is 91.0 Å². The first-order valence-corrected chi connectivity index (χ1v) is 4.54. The molecule has 2 nitrogen and oxygen atoms in total. The lowest BCUT2D eigenvalue weighted by Crippen LogP contribution is -2.10. The van der Waals surface area contributed by atoms with Gasteiger partial charge >= 0.3 is 6.18 Å². The fraction of sp³-hybridized carbons (Fsp3) is 0.364. The van der Waals surface area contributed by atoms with Gasteiger partial charge in [-0.3, -0.25) is 4.79 Å². The van der Waals surface area contributed by atoms with E-state index < -0.39 is 11.7 Å². The maximum atomic E-state index is 12.6. The van der Waals surface area contributed by atoms with E-state index in [4.69, 9.17) is 0 Å². The van der Waals surface area contributed by atoms with Crippen molar-refractivity contribution < 1.29 is 22.7 Å². The highest BCUT2D eigenvalue weighted by atomic mass is 19.4. The first kappa shape index (κ1) is 12.5. The SMILES string of the molecule is COc1cc(C(C)=O)c(C)cc1C(F)(F)F. The van der Waals surface area contributed by atoms with Crippen LogP contribution in [0.4, 0.5) is 13.2 Å². The van der Waals surface area contributed by atoms with E-state index in [1.807, 2.05) is 0 Å². The molecule has 1 aromatic carbocycles. The van der Waals surface area contributed by atoms with Crippen LogP contribution in [0.15, 0.2) is 12.1 Å². The number of Topliss-reactive ketones (excluding diaryl/α,β-unsaturated/α-hetero) is 1. The number of ketones is 1. The third-order valence-electron chi connectivity index (χ3n) is 2.23. The van der Waals surface area contributed by atoms with E-state index >= 15 is 0 Å². The second-order valence-corrected chi connectivity index (χ2v) is 3.42. The Morgan fingerprint density at radius 2 is 1.88 bits per heavy atom. The number of aryl methyl sites for hydroxylation is 1. The van der Waals surface area contributed by atoms with Crippen LogP contribution in [0.1, 0.15) is 28.4 Å². The zero-order valence-corrected chi connectivity index (χ0v) is 9.11. The fourth-order valence-corrected chi connectivity index (χ4v) is 1.46. The Balaban J connectivity index is 3.44. The van der Waals surface area contributed by atoms with E-state index in [-0.39, 0.29) is 17.1 Å². The molecule has 0 atom stereocenters. The van der Waals surface area contributed by atoms with Crippen LogP contribution in [0.3, 0.4) is 0 Å². The summed E-state index contributed by atoms with van der Waals surface area (Å²) < 4.78 is 42.4. The molecule has 0 fully saturated rings. The summed E-state index contributed by atoms with van der Waals surface area (Å²) >= 11 is 0. The molecule has 1 aromatic rings. The third kappa shape index (κ3) is 2.35. The average Bonchev–Trinajstić information content (AvgIpc) is 2.15. The Bertz CT molecular complexity index is 422. The fourth-order valence-electron chi connectivity index (χ4n) is 1.46. The highest BCUT2D eigenvalue weighted by molar-refractivity contribution is 5.96. The summed E-state index contributed by atoms with van der Waals surface area (Å²) in [6.07, 6.45) is -4.48. The van der Waals surface area contributed by atoms with Crippen LogP contribution in [0.25, 0.3) is 0 Å². The van der Waals surface area contributed by atoms with Crippen molar-refractivity contribution in [3.8, 4) is 5.75 Å². The minimum atomic E-state index is -4.48. The lowest BCUT2D eigenvalue weighted by atomic mass is 10.0. The Kier molecular flexibility index (Phi) is 3.26. The molecule has 0 heterocycles. The van der Waals surface area contributed by atoms with Crippen LogP contribution in [0.2, 0.25) is 0 Å². The molecule has 0 saturated heterocycles. The van der Waals surface area contributed by atoms with Gasteiger partial charge in [-0.2, -0.15) is 13.2 Å². The van der Waals surface area contributed by atoms with Crippen LogP contribution < -0.4 is 4.74 Å². The summed E-state index contributed by atoms with van der Waals surface area (Å²) in [5, 5.41) is 0. The summed E-state index contributed by atoms with van der Waals surface area (Å²) in [6.45, 7) is 2.76. The van der Waals surface area contributed by atoms with Crippen LogP contribution in [-0.4, -0.2) is 12.9 Å². The van der Waals surface area contributed by atoms with Crippen molar-refractivity contribution in [1.29, 1.82) is 0 Å². The molecular formula is C11H11F3O2. The third-order valence-corrected chi connectivity index (χ3v) is 2.23. The number of ether oxygens (including phenoxy) is 1. The van der Waals surface area contributed by atoms with Crippen LogP contribution in [0, 0.1) is 6.92 Å². The molecule has 88 valence electrons. The Morgan fingerprint density at radius 3 is 2.25 bits per heavy atom. The molecule has 0 bridgehead atoms. The summed E-state index contributed by atoms with van der Waals surface area (Å²) in [5.74, 6) is -0.618. The predicted molar refractivity (Wildman–Crippen MR) is 52.7 cm³/mol. The van der Waals surface area contributed by atoms with Gasteiger partial charge in [-0.05, 0) is 31.5 Å². The van der Waals surface area contributed by atoms with E-state index in [9.17, 15) is 18.0 Å². The molecular weight excluding hydrogens is 221 g/mol. The number of hydrogen-bond acceptors (Lipinski definition) is 2. The first-order valence-electron chi connectivity index (χ1n) is 4.54. The van der Waals surface area contributed by atoms with Crippen molar-refractivity contribution in [3.63, 3.8) is 0 Å². The lowest BCUT2D eigenvalue weighted by Gasteiger charge is -2.14. The summed E-state index contributed by atoms with van der Waals surface area (Å²) in [5.41, 5.74) is -0.331. The molecule has 0 aromatic heterocycles. The van der Waals surface area contributed by atoms with Crippen molar-refractivity contribution in [2.45, 2.75) is 20.0 Å². The van der Waals surface area contributed by atoms with Crippen LogP contribution >= 0.6 is 0 Å². The van der Waals surface area contributed by atoms with Crippen molar-refractivity contribution in [2.75, 3.05) is 7.11 Å². The van der Waals surface area contributed by atoms with Gasteiger partial charge in [0.15, 0.2) is 5.78 Å². The largest absolute Gasteiger partial charge is 0.496 e. The number of alkyl halides is 3. The van der Waals surface area contributed by atoms with Crippen molar-refractivity contribution in [1.82, 2.24) is 0 Å². The normalized spacial score (nSPS) is 11.4. The molecule has 0 saturated carbocycles. The second kappa shape index (κ2) is 4.15. The topological polar surface area (TPSA) is 26.3 Å². The number of carbonyl (C=O) groups is 1. The minimum Gasteiger partial charge on any atom is -0.496 e. The summed E-state index contributed by atoms with van der Waals surface area (Å²) in [7, 11) is 1.14. The molecule has 0 N–H and O–H groups in total. The van der Waals surface area contributed by atoms with E-state index in [0.29, 0.717) is 5.56 Å². The predicted octanol–water partition coefficient (Wildman–Crippen LogP) is 3.23. The highest BCUT2D eigenvalue weighted by Gasteiger charge is 2.35. The van der Waals surface area contributed by atoms with Gasteiger partial charge < -0.3 is 4.74 Å².